The molecule has 1 aliphatic carbocycles. The summed E-state index contributed by atoms with van der Waals surface area (Å²) in [6.07, 6.45) is 1.16. The van der Waals surface area contributed by atoms with Gasteiger partial charge in [0.1, 0.15) is 4.33 Å². The second-order valence-corrected chi connectivity index (χ2v) is 8.20. The van der Waals surface area contributed by atoms with E-state index in [1.165, 1.54) is 0 Å². The first-order valence-corrected chi connectivity index (χ1v) is 8.96. The molecule has 0 heterocycles. The molecule has 0 bridgehead atoms. The van der Waals surface area contributed by atoms with Crippen LogP contribution in [0.5, 0.6) is 11.5 Å². The summed E-state index contributed by atoms with van der Waals surface area (Å²) in [5.41, 5.74) is 0.290. The Labute approximate surface area is 163 Å². The number of methoxy groups -OCH3 is 2. The number of amides is 1. The van der Waals surface area contributed by atoms with Gasteiger partial charge in [0.15, 0.2) is 16.6 Å². The molecule has 1 aromatic carbocycles. The predicted octanol–water partition coefficient (Wildman–Crippen LogP) is 3.16. The molecular formula is C17H22Cl2N2O3S. The molecule has 1 N–H and O–H groups in total. The molecule has 25 heavy (non-hydrogen) atoms. The van der Waals surface area contributed by atoms with Crippen molar-refractivity contribution in [2.75, 3.05) is 27.8 Å². The van der Waals surface area contributed by atoms with E-state index in [1.54, 1.807) is 26.0 Å². The van der Waals surface area contributed by atoms with E-state index < -0.39 is 9.75 Å². The molecule has 1 aromatic rings. The SMILES string of the molecule is COc1ccc(CCN(C)C(=S)NC(=O)C2(C)CC2(Cl)Cl)cc1OC. The van der Waals surface area contributed by atoms with Gasteiger partial charge in [0.2, 0.25) is 5.91 Å². The fourth-order valence-electron chi connectivity index (χ4n) is 2.41. The van der Waals surface area contributed by atoms with E-state index in [4.69, 9.17) is 44.9 Å². The highest BCUT2D eigenvalue weighted by Gasteiger charge is 2.68. The Morgan fingerprint density at radius 1 is 1.32 bits per heavy atom. The van der Waals surface area contributed by atoms with E-state index in [-0.39, 0.29) is 5.91 Å². The topological polar surface area (TPSA) is 50.8 Å². The number of carbonyl (C=O) groups excluding carboxylic acids is 1. The summed E-state index contributed by atoms with van der Waals surface area (Å²) >= 11 is 17.3. The van der Waals surface area contributed by atoms with Crippen molar-refractivity contribution in [2.45, 2.75) is 24.1 Å². The minimum absolute atomic E-state index is 0.250. The Balaban J connectivity index is 1.89. The van der Waals surface area contributed by atoms with Crippen LogP contribution in [0.3, 0.4) is 0 Å². The molecule has 1 atom stereocenters. The summed E-state index contributed by atoms with van der Waals surface area (Å²) in [5, 5.41) is 3.07. The molecular weight excluding hydrogens is 383 g/mol. The molecule has 138 valence electrons. The van der Waals surface area contributed by atoms with Crippen LogP contribution in [0.2, 0.25) is 0 Å². The average Bonchev–Trinajstić information content (AvgIpc) is 3.11. The number of halogens is 2. The molecule has 0 radical (unpaired) electrons. The van der Waals surface area contributed by atoms with Crippen molar-refractivity contribution in [3.8, 4) is 11.5 Å². The van der Waals surface area contributed by atoms with Crippen LogP contribution in [0.1, 0.15) is 18.9 Å². The van der Waals surface area contributed by atoms with Crippen LogP contribution in [-0.2, 0) is 11.2 Å². The Bertz CT molecular complexity index is 684. The van der Waals surface area contributed by atoms with Gasteiger partial charge in [-0.1, -0.05) is 6.07 Å². The number of likely N-dealkylation sites (N-methyl/N-ethyl adjacent to an activating group) is 1. The molecule has 0 spiro atoms. The molecule has 2 rings (SSSR count). The highest BCUT2D eigenvalue weighted by molar-refractivity contribution is 7.80. The fourth-order valence-corrected chi connectivity index (χ4v) is 3.30. The van der Waals surface area contributed by atoms with Crippen molar-refractivity contribution >= 4 is 46.4 Å². The molecule has 0 aromatic heterocycles. The zero-order valence-electron chi connectivity index (χ0n) is 14.7. The second-order valence-electron chi connectivity index (χ2n) is 6.33. The lowest BCUT2D eigenvalue weighted by Crippen LogP contribution is -2.44. The number of ether oxygens (including phenoxy) is 2. The van der Waals surface area contributed by atoms with Gasteiger partial charge in [-0.05, 0) is 49.7 Å². The van der Waals surface area contributed by atoms with Crippen molar-refractivity contribution in [2.24, 2.45) is 5.41 Å². The van der Waals surface area contributed by atoms with Gasteiger partial charge in [-0.25, -0.2) is 0 Å². The van der Waals surface area contributed by atoms with E-state index in [1.807, 2.05) is 25.2 Å². The first-order chi connectivity index (χ1) is 11.6. The van der Waals surface area contributed by atoms with Crippen molar-refractivity contribution in [1.82, 2.24) is 10.2 Å². The third kappa shape index (κ3) is 4.30. The van der Waals surface area contributed by atoms with E-state index in [0.717, 1.165) is 12.0 Å². The van der Waals surface area contributed by atoms with Crippen LogP contribution in [0.15, 0.2) is 18.2 Å². The minimum atomic E-state index is -1.01. The highest BCUT2D eigenvalue weighted by Crippen LogP contribution is 2.63. The second kappa shape index (κ2) is 7.56. The summed E-state index contributed by atoms with van der Waals surface area (Å²) in [4.78, 5) is 14.1. The average molecular weight is 405 g/mol. The van der Waals surface area contributed by atoms with E-state index in [9.17, 15) is 4.79 Å². The smallest absolute Gasteiger partial charge is 0.235 e. The Hall–Kier alpha value is -1.24. The standard InChI is InChI=1S/C17H22Cl2N2O3S/c1-16(10-17(16,18)19)14(22)20-15(25)21(2)8-7-11-5-6-12(23-3)13(9-11)24-4/h5-6,9H,7-8,10H2,1-4H3,(H,20,22,25). The Morgan fingerprint density at radius 3 is 2.44 bits per heavy atom. The zero-order chi connectivity index (χ0) is 18.8. The minimum Gasteiger partial charge on any atom is -0.493 e. The number of thiocarbonyl (C=S) groups is 1. The maximum Gasteiger partial charge on any atom is 0.235 e. The molecule has 1 amide bonds. The fraction of sp³-hybridized carbons (Fsp3) is 0.529. The van der Waals surface area contributed by atoms with Gasteiger partial charge in [0, 0.05) is 13.6 Å². The molecule has 1 unspecified atom stereocenters. The molecule has 1 fully saturated rings. The third-order valence-corrected chi connectivity index (χ3v) is 6.03. The number of hydrogen-bond donors (Lipinski definition) is 1. The lowest BCUT2D eigenvalue weighted by atomic mass is 10.1. The number of rotatable bonds is 6. The summed E-state index contributed by atoms with van der Waals surface area (Å²) in [6.45, 7) is 2.37. The lowest BCUT2D eigenvalue weighted by Gasteiger charge is -2.22. The van der Waals surface area contributed by atoms with Gasteiger partial charge in [-0.3, -0.25) is 4.79 Å². The first-order valence-electron chi connectivity index (χ1n) is 7.80. The maximum atomic E-state index is 12.3. The van der Waals surface area contributed by atoms with Gasteiger partial charge in [-0.2, -0.15) is 0 Å². The van der Waals surface area contributed by atoms with E-state index >= 15 is 0 Å². The molecule has 1 saturated carbocycles. The number of alkyl halides is 2. The first kappa shape index (κ1) is 20.1. The Morgan fingerprint density at radius 2 is 1.92 bits per heavy atom. The van der Waals surface area contributed by atoms with Crippen LogP contribution in [0, 0.1) is 5.41 Å². The number of nitrogens with one attached hydrogen (secondary N) is 1. The van der Waals surface area contributed by atoms with Crippen LogP contribution in [0.4, 0.5) is 0 Å². The number of nitrogens with zero attached hydrogens (tertiary/aromatic N) is 1. The van der Waals surface area contributed by atoms with Crippen LogP contribution in [0.25, 0.3) is 0 Å². The molecule has 5 nitrogen and oxygen atoms in total. The van der Waals surface area contributed by atoms with E-state index in [2.05, 4.69) is 5.32 Å². The van der Waals surface area contributed by atoms with Crippen molar-refractivity contribution in [3.05, 3.63) is 23.8 Å². The molecule has 0 saturated heterocycles. The normalized spacial score (nSPS) is 20.6. The van der Waals surface area contributed by atoms with Gasteiger partial charge in [0.05, 0.1) is 19.6 Å². The molecule has 0 aliphatic heterocycles. The molecule has 1 aliphatic rings. The highest BCUT2D eigenvalue weighted by atomic mass is 35.5. The van der Waals surface area contributed by atoms with Crippen molar-refractivity contribution in [1.29, 1.82) is 0 Å². The number of carbonyl (C=O) groups is 1. The van der Waals surface area contributed by atoms with Crippen molar-refractivity contribution < 1.29 is 14.3 Å². The zero-order valence-corrected chi connectivity index (χ0v) is 17.0. The molecule has 8 heteroatoms. The van der Waals surface area contributed by atoms with Crippen LogP contribution in [-0.4, -0.2) is 48.1 Å². The summed E-state index contributed by atoms with van der Waals surface area (Å²) in [5.74, 6) is 1.12. The summed E-state index contributed by atoms with van der Waals surface area (Å²) in [6, 6.07) is 5.76. The maximum absolute atomic E-state index is 12.3. The third-order valence-electron chi connectivity index (χ3n) is 4.51. The van der Waals surface area contributed by atoms with E-state index in [0.29, 0.717) is 29.6 Å². The number of benzene rings is 1. The van der Waals surface area contributed by atoms with Crippen LogP contribution >= 0.6 is 35.4 Å². The van der Waals surface area contributed by atoms with Gasteiger partial charge < -0.3 is 19.7 Å². The van der Waals surface area contributed by atoms with Gasteiger partial charge in [0.25, 0.3) is 0 Å². The lowest BCUT2D eigenvalue weighted by molar-refractivity contribution is -0.124. The summed E-state index contributed by atoms with van der Waals surface area (Å²) < 4.78 is 9.52. The largest absolute Gasteiger partial charge is 0.493 e. The Kier molecular flexibility index (Phi) is 6.07. The van der Waals surface area contributed by atoms with Gasteiger partial charge >= 0.3 is 0 Å². The van der Waals surface area contributed by atoms with Gasteiger partial charge in [-0.15, -0.1) is 23.2 Å². The summed E-state index contributed by atoms with van der Waals surface area (Å²) in [7, 11) is 5.03. The predicted molar refractivity (Wildman–Crippen MR) is 104 cm³/mol. The van der Waals surface area contributed by atoms with Crippen molar-refractivity contribution in [3.63, 3.8) is 0 Å². The monoisotopic (exact) mass is 404 g/mol. The van der Waals surface area contributed by atoms with Crippen LogP contribution < -0.4 is 14.8 Å². The quantitative estimate of drug-likeness (QED) is 0.582. The number of hydrogen-bond acceptors (Lipinski definition) is 4.